The molecule has 3 nitrogen and oxygen atoms in total. The molecule has 0 saturated heterocycles. The maximum Gasteiger partial charge on any atom is 0.256 e. The lowest BCUT2D eigenvalue weighted by Crippen LogP contribution is -2.27. The largest absolute Gasteiger partial charge is 0.399 e. The van der Waals surface area contributed by atoms with Crippen LogP contribution < -0.4 is 5.73 Å². The van der Waals surface area contributed by atoms with Crippen LogP contribution in [0.4, 0.5) is 14.5 Å². The molecule has 0 radical (unpaired) electrons. The number of amides is 1. The molecular weight excluding hydrogens is 274 g/mol. The number of halogens is 2. The molecule has 0 aliphatic heterocycles. The molecule has 0 saturated carbocycles. The van der Waals surface area contributed by atoms with Crippen molar-refractivity contribution < 1.29 is 13.6 Å². The second kappa shape index (κ2) is 5.91. The van der Waals surface area contributed by atoms with E-state index in [1.165, 1.54) is 17.9 Å². The highest BCUT2D eigenvalue weighted by molar-refractivity contribution is 5.94. The predicted molar refractivity (Wildman–Crippen MR) is 77.7 cm³/mol. The molecule has 5 heteroatoms. The van der Waals surface area contributed by atoms with Gasteiger partial charge < -0.3 is 10.6 Å². The van der Waals surface area contributed by atoms with Crippen molar-refractivity contribution in [2.24, 2.45) is 0 Å². The lowest BCUT2D eigenvalue weighted by Gasteiger charge is -2.18. The van der Waals surface area contributed by atoms with Crippen LogP contribution in [0.2, 0.25) is 0 Å². The summed E-state index contributed by atoms with van der Waals surface area (Å²) in [6.45, 7) is 1.78. The number of carbonyl (C=O) groups excluding carboxylic acids is 1. The first-order valence-corrected chi connectivity index (χ1v) is 6.44. The fourth-order valence-electron chi connectivity index (χ4n) is 2.06. The smallest absolute Gasteiger partial charge is 0.256 e. The van der Waals surface area contributed by atoms with Gasteiger partial charge in [-0.15, -0.1) is 0 Å². The van der Waals surface area contributed by atoms with Crippen molar-refractivity contribution in [2.45, 2.75) is 13.5 Å². The van der Waals surface area contributed by atoms with Crippen LogP contribution in [-0.2, 0) is 6.54 Å². The van der Waals surface area contributed by atoms with Crippen molar-refractivity contribution in [1.29, 1.82) is 0 Å². The monoisotopic (exact) mass is 290 g/mol. The number of nitrogen functional groups attached to an aromatic ring is 1. The third-order valence-corrected chi connectivity index (χ3v) is 3.20. The van der Waals surface area contributed by atoms with E-state index in [1.54, 1.807) is 25.2 Å². The summed E-state index contributed by atoms with van der Waals surface area (Å²) in [5.41, 5.74) is 7.20. The normalized spacial score (nSPS) is 10.5. The molecule has 0 aliphatic rings. The number of benzene rings is 2. The molecule has 0 heterocycles. The Bertz CT molecular complexity index is 686. The zero-order valence-corrected chi connectivity index (χ0v) is 11.9. The summed E-state index contributed by atoms with van der Waals surface area (Å²) >= 11 is 0. The van der Waals surface area contributed by atoms with Gasteiger partial charge in [-0.3, -0.25) is 4.79 Å². The minimum Gasteiger partial charge on any atom is -0.399 e. The third-order valence-electron chi connectivity index (χ3n) is 3.20. The van der Waals surface area contributed by atoms with Crippen molar-refractivity contribution in [3.63, 3.8) is 0 Å². The quantitative estimate of drug-likeness (QED) is 0.883. The van der Waals surface area contributed by atoms with Gasteiger partial charge in [0, 0.05) is 25.3 Å². The van der Waals surface area contributed by atoms with E-state index in [0.29, 0.717) is 12.2 Å². The minimum atomic E-state index is -0.859. The number of hydrogen-bond donors (Lipinski definition) is 1. The van der Waals surface area contributed by atoms with E-state index in [9.17, 15) is 13.6 Å². The summed E-state index contributed by atoms with van der Waals surface area (Å²) in [4.78, 5) is 13.6. The summed E-state index contributed by atoms with van der Waals surface area (Å²) in [5.74, 6) is -2.02. The number of aryl methyl sites for hydroxylation is 1. The van der Waals surface area contributed by atoms with Crippen LogP contribution >= 0.6 is 0 Å². The van der Waals surface area contributed by atoms with Gasteiger partial charge in [-0.05, 0) is 36.2 Å². The average Bonchev–Trinajstić information content (AvgIpc) is 2.42. The Morgan fingerprint density at radius 2 is 1.90 bits per heavy atom. The molecule has 0 aliphatic carbocycles. The molecule has 0 fully saturated rings. The Kier molecular flexibility index (Phi) is 4.21. The maximum atomic E-state index is 13.7. The van der Waals surface area contributed by atoms with Gasteiger partial charge in [-0.1, -0.05) is 12.1 Å². The first-order valence-electron chi connectivity index (χ1n) is 6.44. The van der Waals surface area contributed by atoms with E-state index in [1.807, 2.05) is 6.07 Å². The Balaban J connectivity index is 2.22. The maximum absolute atomic E-state index is 13.7. The highest BCUT2D eigenvalue weighted by Crippen LogP contribution is 2.17. The Morgan fingerprint density at radius 3 is 2.57 bits per heavy atom. The van der Waals surface area contributed by atoms with Gasteiger partial charge in [0.05, 0.1) is 5.56 Å². The highest BCUT2D eigenvalue weighted by atomic mass is 19.1. The van der Waals surface area contributed by atoms with E-state index < -0.39 is 17.5 Å². The standard InChI is InChI=1S/C16H16F2N2O/c1-10-6-13(15(18)8-14(10)17)16(21)20(2)9-11-4-3-5-12(19)7-11/h3-8H,9,19H2,1-2H3. The van der Waals surface area contributed by atoms with Crippen molar-refractivity contribution in [3.05, 3.63) is 64.7 Å². The number of rotatable bonds is 3. The number of anilines is 1. The third kappa shape index (κ3) is 3.37. The predicted octanol–water partition coefficient (Wildman–Crippen LogP) is 3.13. The lowest BCUT2D eigenvalue weighted by molar-refractivity contribution is 0.0780. The molecule has 2 rings (SSSR count). The van der Waals surface area contributed by atoms with E-state index >= 15 is 0 Å². The van der Waals surface area contributed by atoms with Gasteiger partial charge in [-0.25, -0.2) is 8.78 Å². The van der Waals surface area contributed by atoms with Crippen LogP contribution in [-0.4, -0.2) is 17.9 Å². The van der Waals surface area contributed by atoms with Crippen molar-refractivity contribution in [2.75, 3.05) is 12.8 Å². The molecule has 0 bridgehead atoms. The highest BCUT2D eigenvalue weighted by Gasteiger charge is 2.18. The molecule has 0 spiro atoms. The van der Waals surface area contributed by atoms with Gasteiger partial charge in [0.2, 0.25) is 0 Å². The molecule has 0 aromatic heterocycles. The molecule has 1 amide bonds. The molecule has 2 aromatic rings. The Hall–Kier alpha value is -2.43. The molecule has 21 heavy (non-hydrogen) atoms. The van der Waals surface area contributed by atoms with Crippen LogP contribution in [0.5, 0.6) is 0 Å². The molecule has 0 atom stereocenters. The van der Waals surface area contributed by atoms with Gasteiger partial charge in [0.25, 0.3) is 5.91 Å². The summed E-state index contributed by atoms with van der Waals surface area (Å²) in [6.07, 6.45) is 0. The van der Waals surface area contributed by atoms with Crippen LogP contribution in [0.25, 0.3) is 0 Å². The van der Waals surface area contributed by atoms with Gasteiger partial charge in [0.15, 0.2) is 0 Å². The molecule has 2 N–H and O–H groups in total. The zero-order valence-electron chi connectivity index (χ0n) is 11.9. The van der Waals surface area contributed by atoms with E-state index in [-0.39, 0.29) is 11.1 Å². The number of nitrogens with two attached hydrogens (primary N) is 1. The number of carbonyl (C=O) groups is 1. The molecule has 2 aromatic carbocycles. The summed E-state index contributed by atoms with van der Waals surface area (Å²) in [6, 6.07) is 9.06. The van der Waals surface area contributed by atoms with Gasteiger partial charge >= 0.3 is 0 Å². The SMILES string of the molecule is Cc1cc(C(=O)N(C)Cc2cccc(N)c2)c(F)cc1F. The first-order chi connectivity index (χ1) is 9.88. The minimum absolute atomic E-state index is 0.139. The van der Waals surface area contributed by atoms with E-state index in [2.05, 4.69) is 0 Å². The Morgan fingerprint density at radius 1 is 1.19 bits per heavy atom. The lowest BCUT2D eigenvalue weighted by atomic mass is 10.1. The van der Waals surface area contributed by atoms with Crippen LogP contribution in [0.15, 0.2) is 36.4 Å². The van der Waals surface area contributed by atoms with Crippen LogP contribution in [0, 0.1) is 18.6 Å². The Labute approximate surface area is 122 Å². The van der Waals surface area contributed by atoms with Crippen LogP contribution in [0.1, 0.15) is 21.5 Å². The second-order valence-corrected chi connectivity index (χ2v) is 4.99. The van der Waals surface area contributed by atoms with Gasteiger partial charge in [0.1, 0.15) is 11.6 Å². The summed E-state index contributed by atoms with van der Waals surface area (Å²) < 4.78 is 27.0. The number of nitrogens with zero attached hydrogens (tertiary/aromatic N) is 1. The van der Waals surface area contributed by atoms with E-state index in [4.69, 9.17) is 5.73 Å². The van der Waals surface area contributed by atoms with Crippen LogP contribution in [0.3, 0.4) is 0 Å². The number of hydrogen-bond acceptors (Lipinski definition) is 2. The van der Waals surface area contributed by atoms with Crippen molar-refractivity contribution in [1.82, 2.24) is 4.90 Å². The van der Waals surface area contributed by atoms with Crippen molar-refractivity contribution in [3.8, 4) is 0 Å². The molecule has 110 valence electrons. The second-order valence-electron chi connectivity index (χ2n) is 4.99. The fraction of sp³-hybridized carbons (Fsp3) is 0.188. The fourth-order valence-corrected chi connectivity index (χ4v) is 2.06. The topological polar surface area (TPSA) is 46.3 Å². The average molecular weight is 290 g/mol. The van der Waals surface area contributed by atoms with Gasteiger partial charge in [-0.2, -0.15) is 0 Å². The summed E-state index contributed by atoms with van der Waals surface area (Å²) in [7, 11) is 1.56. The molecule has 0 unspecified atom stereocenters. The van der Waals surface area contributed by atoms with E-state index in [0.717, 1.165) is 11.6 Å². The molecular formula is C16H16F2N2O. The first kappa shape index (κ1) is 15.0. The van der Waals surface area contributed by atoms with Crippen molar-refractivity contribution >= 4 is 11.6 Å². The summed E-state index contributed by atoms with van der Waals surface area (Å²) in [5, 5.41) is 0. The zero-order chi connectivity index (χ0) is 15.6.